The van der Waals surface area contributed by atoms with Crippen molar-refractivity contribution in [1.82, 2.24) is 29.8 Å². The second-order valence-corrected chi connectivity index (χ2v) is 8.87. The Balaban J connectivity index is 1.43. The molecule has 0 spiro atoms. The van der Waals surface area contributed by atoms with E-state index in [1.54, 1.807) is 44.9 Å². The van der Waals surface area contributed by atoms with Crippen LogP contribution in [0.25, 0.3) is 0 Å². The van der Waals surface area contributed by atoms with Gasteiger partial charge in [0.1, 0.15) is 5.69 Å². The number of benzene rings is 1. The molecule has 10 heteroatoms. The van der Waals surface area contributed by atoms with Crippen LogP contribution in [0.15, 0.2) is 36.5 Å². The van der Waals surface area contributed by atoms with Gasteiger partial charge in [-0.25, -0.2) is 0 Å². The SMILES string of the molecule is C[C@@H]1Cc2nn3c(c2CN1C(=O)c1ccc(Cl)c(Cl)c1)C(=O)N(Cc1cccnn1)CC3. The fraction of sp³-hybridized carbons (Fsp3) is 0.318. The number of carbonyl (C=O) groups excluding carboxylic acids is 2. The maximum Gasteiger partial charge on any atom is 0.272 e. The molecule has 0 aliphatic carbocycles. The first kappa shape index (κ1) is 20.9. The molecule has 0 bridgehead atoms. The molecule has 5 rings (SSSR count). The normalized spacial score (nSPS) is 17.8. The number of aromatic nitrogens is 4. The Kier molecular flexibility index (Phi) is 5.35. The van der Waals surface area contributed by atoms with Crippen LogP contribution in [0.3, 0.4) is 0 Å². The minimum atomic E-state index is -0.152. The first-order chi connectivity index (χ1) is 15.4. The Morgan fingerprint density at radius 1 is 1.19 bits per heavy atom. The van der Waals surface area contributed by atoms with Gasteiger partial charge < -0.3 is 9.80 Å². The molecule has 1 atom stereocenters. The lowest BCUT2D eigenvalue weighted by Crippen LogP contribution is -2.44. The fourth-order valence-corrected chi connectivity index (χ4v) is 4.59. The molecule has 164 valence electrons. The van der Waals surface area contributed by atoms with Crippen LogP contribution in [0.4, 0.5) is 0 Å². The largest absolute Gasteiger partial charge is 0.331 e. The third-order valence-electron chi connectivity index (χ3n) is 5.96. The molecule has 8 nitrogen and oxygen atoms in total. The number of rotatable bonds is 3. The number of nitrogens with zero attached hydrogens (tertiary/aromatic N) is 6. The highest BCUT2D eigenvalue weighted by molar-refractivity contribution is 6.42. The molecule has 2 aromatic heterocycles. The summed E-state index contributed by atoms with van der Waals surface area (Å²) in [5.41, 5.74) is 3.43. The zero-order valence-electron chi connectivity index (χ0n) is 17.3. The van der Waals surface area contributed by atoms with Crippen LogP contribution in [0.1, 0.15) is 44.7 Å². The van der Waals surface area contributed by atoms with Gasteiger partial charge in [0.2, 0.25) is 0 Å². The Morgan fingerprint density at radius 3 is 2.78 bits per heavy atom. The van der Waals surface area contributed by atoms with E-state index in [0.717, 1.165) is 17.0 Å². The molecule has 32 heavy (non-hydrogen) atoms. The summed E-state index contributed by atoms with van der Waals surface area (Å²) in [6, 6.07) is 8.45. The van der Waals surface area contributed by atoms with Crippen LogP contribution in [0.5, 0.6) is 0 Å². The third kappa shape index (κ3) is 3.63. The van der Waals surface area contributed by atoms with Crippen molar-refractivity contribution in [1.29, 1.82) is 0 Å². The van der Waals surface area contributed by atoms with Crippen LogP contribution in [-0.2, 0) is 26.1 Å². The molecule has 0 N–H and O–H groups in total. The van der Waals surface area contributed by atoms with Gasteiger partial charge in [0, 0.05) is 36.3 Å². The predicted molar refractivity (Wildman–Crippen MR) is 119 cm³/mol. The van der Waals surface area contributed by atoms with Gasteiger partial charge in [-0.05, 0) is 37.3 Å². The Hall–Kier alpha value is -2.97. The summed E-state index contributed by atoms with van der Waals surface area (Å²) in [6.45, 7) is 3.83. The maximum absolute atomic E-state index is 13.3. The van der Waals surface area contributed by atoms with E-state index in [-0.39, 0.29) is 17.9 Å². The van der Waals surface area contributed by atoms with E-state index in [0.29, 0.717) is 53.9 Å². The molecule has 0 unspecified atom stereocenters. The van der Waals surface area contributed by atoms with Crippen molar-refractivity contribution in [3.63, 3.8) is 0 Å². The van der Waals surface area contributed by atoms with Crippen molar-refractivity contribution >= 4 is 35.0 Å². The van der Waals surface area contributed by atoms with E-state index in [4.69, 9.17) is 28.3 Å². The molecule has 4 heterocycles. The average Bonchev–Trinajstić information content (AvgIpc) is 3.15. The van der Waals surface area contributed by atoms with E-state index >= 15 is 0 Å². The molecule has 0 saturated carbocycles. The maximum atomic E-state index is 13.3. The lowest BCUT2D eigenvalue weighted by atomic mass is 9.97. The fourth-order valence-electron chi connectivity index (χ4n) is 4.29. The molecule has 2 aliphatic rings. The summed E-state index contributed by atoms with van der Waals surface area (Å²) >= 11 is 12.1. The van der Waals surface area contributed by atoms with Crippen LogP contribution in [0, 0.1) is 0 Å². The van der Waals surface area contributed by atoms with Gasteiger partial charge >= 0.3 is 0 Å². The van der Waals surface area contributed by atoms with Crippen LogP contribution < -0.4 is 0 Å². The van der Waals surface area contributed by atoms with Gasteiger partial charge in [-0.3, -0.25) is 14.3 Å². The van der Waals surface area contributed by atoms with Gasteiger partial charge in [-0.15, -0.1) is 0 Å². The third-order valence-corrected chi connectivity index (χ3v) is 6.70. The van der Waals surface area contributed by atoms with Gasteiger partial charge in [0.25, 0.3) is 11.8 Å². The summed E-state index contributed by atoms with van der Waals surface area (Å²) in [7, 11) is 0. The second kappa shape index (κ2) is 8.18. The first-order valence-corrected chi connectivity index (χ1v) is 11.1. The monoisotopic (exact) mass is 470 g/mol. The highest BCUT2D eigenvalue weighted by Crippen LogP contribution is 2.31. The summed E-state index contributed by atoms with van der Waals surface area (Å²) in [5.74, 6) is -0.256. The van der Waals surface area contributed by atoms with E-state index in [1.165, 1.54) is 0 Å². The number of amides is 2. The second-order valence-electron chi connectivity index (χ2n) is 8.05. The van der Waals surface area contributed by atoms with Crippen molar-refractivity contribution in [3.05, 3.63) is 74.8 Å². The molecule has 3 aromatic rings. The van der Waals surface area contributed by atoms with Gasteiger partial charge in [-0.2, -0.15) is 15.3 Å². The number of hydrogen-bond donors (Lipinski definition) is 0. The smallest absolute Gasteiger partial charge is 0.272 e. The van der Waals surface area contributed by atoms with Crippen LogP contribution in [0.2, 0.25) is 10.0 Å². The quantitative estimate of drug-likeness (QED) is 0.586. The van der Waals surface area contributed by atoms with Crippen molar-refractivity contribution in [2.45, 2.75) is 39.0 Å². The topological polar surface area (TPSA) is 84.2 Å². The van der Waals surface area contributed by atoms with Crippen molar-refractivity contribution in [2.24, 2.45) is 0 Å². The Morgan fingerprint density at radius 2 is 2.03 bits per heavy atom. The molecule has 1 aromatic carbocycles. The van der Waals surface area contributed by atoms with Gasteiger partial charge in [0.05, 0.1) is 41.1 Å². The zero-order valence-corrected chi connectivity index (χ0v) is 18.8. The highest BCUT2D eigenvalue weighted by atomic mass is 35.5. The number of fused-ring (bicyclic) bond motifs is 3. The van der Waals surface area contributed by atoms with E-state index in [9.17, 15) is 9.59 Å². The molecule has 0 fully saturated rings. The minimum Gasteiger partial charge on any atom is -0.331 e. The minimum absolute atomic E-state index is 0.0628. The molecule has 2 aliphatic heterocycles. The average molecular weight is 471 g/mol. The number of halogens is 2. The summed E-state index contributed by atoms with van der Waals surface area (Å²) < 4.78 is 1.78. The van der Waals surface area contributed by atoms with E-state index in [1.807, 2.05) is 13.0 Å². The van der Waals surface area contributed by atoms with Gasteiger partial charge in [-0.1, -0.05) is 23.2 Å². The van der Waals surface area contributed by atoms with Crippen molar-refractivity contribution in [3.8, 4) is 0 Å². The molecular formula is C22H20Cl2N6O2. The van der Waals surface area contributed by atoms with Crippen LogP contribution in [-0.4, -0.2) is 54.2 Å². The first-order valence-electron chi connectivity index (χ1n) is 10.3. The van der Waals surface area contributed by atoms with Gasteiger partial charge in [0.15, 0.2) is 0 Å². The molecule has 2 amide bonds. The predicted octanol–water partition coefficient (Wildman–Crippen LogP) is 3.22. The summed E-state index contributed by atoms with van der Waals surface area (Å²) in [4.78, 5) is 30.1. The molecule has 0 radical (unpaired) electrons. The Labute approximate surface area is 194 Å². The lowest BCUT2D eigenvalue weighted by molar-refractivity contribution is 0.0636. The van der Waals surface area contributed by atoms with Crippen LogP contribution >= 0.6 is 23.2 Å². The van der Waals surface area contributed by atoms with Crippen molar-refractivity contribution in [2.75, 3.05) is 6.54 Å². The number of hydrogen-bond acceptors (Lipinski definition) is 5. The summed E-state index contributed by atoms with van der Waals surface area (Å²) in [5, 5.41) is 13.4. The summed E-state index contributed by atoms with van der Waals surface area (Å²) in [6.07, 6.45) is 2.19. The van der Waals surface area contributed by atoms with E-state index in [2.05, 4.69) is 10.2 Å². The van der Waals surface area contributed by atoms with E-state index < -0.39 is 0 Å². The molecular weight excluding hydrogens is 451 g/mol. The lowest BCUT2D eigenvalue weighted by Gasteiger charge is -2.34. The Bertz CT molecular complexity index is 1210. The standard InChI is InChI=1S/C22H20Cl2N6O2/c1-13-9-19-16(12-29(13)21(31)14-4-5-17(23)18(24)10-14)20-22(32)28(7-8-30(20)27-19)11-15-3-2-6-25-26-15/h2-6,10,13H,7-9,11-12H2,1H3/t13-/m1/s1. The molecule has 0 saturated heterocycles. The van der Waals surface area contributed by atoms with Crippen molar-refractivity contribution < 1.29 is 9.59 Å². The highest BCUT2D eigenvalue weighted by Gasteiger charge is 2.37. The zero-order chi connectivity index (χ0) is 22.4. The number of carbonyl (C=O) groups is 2.